The molecular formula is C17H25N3O4. The number of carbonyl (C=O) groups is 2. The SMILES string of the molecule is CCOC(=O)C(=O)Nc1ccc(N2CCN(CCOC)CC2)cc1. The third kappa shape index (κ3) is 5.21. The van der Waals surface area contributed by atoms with Crippen LogP contribution in [0.5, 0.6) is 0 Å². The molecule has 0 saturated carbocycles. The number of rotatable bonds is 6. The number of hydrogen-bond acceptors (Lipinski definition) is 6. The summed E-state index contributed by atoms with van der Waals surface area (Å²) in [6.07, 6.45) is 0. The van der Waals surface area contributed by atoms with Crippen molar-refractivity contribution in [1.29, 1.82) is 0 Å². The summed E-state index contributed by atoms with van der Waals surface area (Å²) in [6, 6.07) is 7.49. The Kier molecular flexibility index (Phi) is 7.02. The van der Waals surface area contributed by atoms with Gasteiger partial charge in [0.25, 0.3) is 0 Å². The van der Waals surface area contributed by atoms with E-state index in [1.807, 2.05) is 12.1 Å². The number of benzene rings is 1. The molecule has 1 saturated heterocycles. The minimum absolute atomic E-state index is 0.182. The highest BCUT2D eigenvalue weighted by Crippen LogP contribution is 2.19. The molecule has 0 atom stereocenters. The first-order chi connectivity index (χ1) is 11.6. The fourth-order valence-electron chi connectivity index (χ4n) is 2.58. The molecule has 2 rings (SSSR count). The molecule has 0 aromatic heterocycles. The number of anilines is 2. The molecule has 1 N–H and O–H groups in total. The Bertz CT molecular complexity index is 539. The van der Waals surface area contributed by atoms with Crippen LogP contribution in [0.25, 0.3) is 0 Å². The molecule has 1 aliphatic rings. The molecule has 0 bridgehead atoms. The second-order valence-electron chi connectivity index (χ2n) is 5.54. The molecule has 7 nitrogen and oxygen atoms in total. The molecule has 0 unspecified atom stereocenters. The summed E-state index contributed by atoms with van der Waals surface area (Å²) in [6.45, 7) is 7.49. The van der Waals surface area contributed by atoms with Gasteiger partial charge in [0.1, 0.15) is 0 Å². The van der Waals surface area contributed by atoms with Crippen LogP contribution in [-0.2, 0) is 19.1 Å². The Morgan fingerprint density at radius 2 is 1.79 bits per heavy atom. The maximum Gasteiger partial charge on any atom is 0.397 e. The van der Waals surface area contributed by atoms with Crippen LogP contribution in [0.1, 0.15) is 6.92 Å². The van der Waals surface area contributed by atoms with Crippen molar-refractivity contribution in [2.24, 2.45) is 0 Å². The van der Waals surface area contributed by atoms with Gasteiger partial charge in [-0.2, -0.15) is 0 Å². The lowest BCUT2D eigenvalue weighted by Crippen LogP contribution is -2.47. The Labute approximate surface area is 142 Å². The van der Waals surface area contributed by atoms with Gasteiger partial charge in [-0.05, 0) is 31.2 Å². The van der Waals surface area contributed by atoms with Crippen molar-refractivity contribution in [1.82, 2.24) is 4.90 Å². The maximum absolute atomic E-state index is 11.6. The molecule has 1 aromatic carbocycles. The predicted octanol–water partition coefficient (Wildman–Crippen LogP) is 0.957. The van der Waals surface area contributed by atoms with Gasteiger partial charge in [0.2, 0.25) is 0 Å². The molecule has 1 heterocycles. The van der Waals surface area contributed by atoms with Crippen LogP contribution < -0.4 is 10.2 Å². The van der Waals surface area contributed by atoms with E-state index in [4.69, 9.17) is 4.74 Å². The van der Waals surface area contributed by atoms with Gasteiger partial charge >= 0.3 is 11.9 Å². The van der Waals surface area contributed by atoms with Gasteiger partial charge < -0.3 is 19.7 Å². The van der Waals surface area contributed by atoms with E-state index in [2.05, 4.69) is 19.9 Å². The molecule has 1 fully saturated rings. The monoisotopic (exact) mass is 335 g/mol. The average Bonchev–Trinajstić information content (AvgIpc) is 2.61. The van der Waals surface area contributed by atoms with Gasteiger partial charge in [0.15, 0.2) is 0 Å². The summed E-state index contributed by atoms with van der Waals surface area (Å²) in [5, 5.41) is 2.53. The van der Waals surface area contributed by atoms with Crippen molar-refractivity contribution in [3.05, 3.63) is 24.3 Å². The highest BCUT2D eigenvalue weighted by atomic mass is 16.5. The normalized spacial score (nSPS) is 15.2. The number of hydrogen-bond donors (Lipinski definition) is 1. The van der Waals surface area contributed by atoms with Crippen LogP contribution in [0.15, 0.2) is 24.3 Å². The van der Waals surface area contributed by atoms with E-state index in [-0.39, 0.29) is 6.61 Å². The first kappa shape index (κ1) is 18.2. The van der Waals surface area contributed by atoms with E-state index >= 15 is 0 Å². The summed E-state index contributed by atoms with van der Waals surface area (Å²) in [5.74, 6) is -1.62. The summed E-state index contributed by atoms with van der Waals surface area (Å²) in [4.78, 5) is 27.6. The molecule has 0 radical (unpaired) electrons. The molecule has 0 aliphatic carbocycles. The van der Waals surface area contributed by atoms with Crippen LogP contribution in [0, 0.1) is 0 Å². The van der Waals surface area contributed by atoms with Crippen molar-refractivity contribution in [3.8, 4) is 0 Å². The summed E-state index contributed by atoms with van der Waals surface area (Å²) in [7, 11) is 1.72. The Hall–Kier alpha value is -2.12. The van der Waals surface area contributed by atoms with Crippen LogP contribution in [0.4, 0.5) is 11.4 Å². The third-order valence-corrected chi connectivity index (χ3v) is 3.94. The van der Waals surface area contributed by atoms with Crippen LogP contribution in [0.3, 0.4) is 0 Å². The number of esters is 1. The minimum Gasteiger partial charge on any atom is -0.459 e. The van der Waals surface area contributed by atoms with Crippen molar-refractivity contribution < 1.29 is 19.1 Å². The number of piperazine rings is 1. The summed E-state index contributed by atoms with van der Waals surface area (Å²) < 4.78 is 9.77. The molecule has 1 aromatic rings. The molecule has 1 aliphatic heterocycles. The predicted molar refractivity (Wildman–Crippen MR) is 92.2 cm³/mol. The van der Waals surface area contributed by atoms with E-state index < -0.39 is 11.9 Å². The molecule has 1 amide bonds. The zero-order chi connectivity index (χ0) is 17.4. The zero-order valence-electron chi connectivity index (χ0n) is 14.3. The van der Waals surface area contributed by atoms with E-state index in [1.54, 1.807) is 26.2 Å². The Morgan fingerprint density at radius 3 is 2.38 bits per heavy atom. The molecule has 24 heavy (non-hydrogen) atoms. The Balaban J connectivity index is 1.84. The highest BCUT2D eigenvalue weighted by Gasteiger charge is 2.18. The quantitative estimate of drug-likeness (QED) is 0.617. The van der Waals surface area contributed by atoms with Crippen molar-refractivity contribution >= 4 is 23.3 Å². The van der Waals surface area contributed by atoms with Gasteiger partial charge in [-0.25, -0.2) is 4.79 Å². The second kappa shape index (κ2) is 9.24. The van der Waals surface area contributed by atoms with Gasteiger partial charge in [-0.3, -0.25) is 9.69 Å². The summed E-state index contributed by atoms with van der Waals surface area (Å²) >= 11 is 0. The average molecular weight is 335 g/mol. The van der Waals surface area contributed by atoms with Crippen LogP contribution in [0.2, 0.25) is 0 Å². The van der Waals surface area contributed by atoms with Crippen LogP contribution in [-0.4, -0.2) is 69.8 Å². The van der Waals surface area contributed by atoms with Gasteiger partial charge in [-0.1, -0.05) is 0 Å². The zero-order valence-corrected chi connectivity index (χ0v) is 14.3. The smallest absolute Gasteiger partial charge is 0.397 e. The van der Waals surface area contributed by atoms with Crippen molar-refractivity contribution in [2.75, 3.05) is 63.3 Å². The highest BCUT2D eigenvalue weighted by molar-refractivity contribution is 6.37. The van der Waals surface area contributed by atoms with Crippen LogP contribution >= 0.6 is 0 Å². The largest absolute Gasteiger partial charge is 0.459 e. The first-order valence-corrected chi connectivity index (χ1v) is 8.18. The number of carbonyl (C=O) groups excluding carboxylic acids is 2. The van der Waals surface area contributed by atoms with Crippen molar-refractivity contribution in [2.45, 2.75) is 6.92 Å². The third-order valence-electron chi connectivity index (χ3n) is 3.94. The van der Waals surface area contributed by atoms with E-state index in [0.717, 1.165) is 45.0 Å². The van der Waals surface area contributed by atoms with Gasteiger partial charge in [0.05, 0.1) is 13.2 Å². The topological polar surface area (TPSA) is 71.1 Å². The maximum atomic E-state index is 11.6. The van der Waals surface area contributed by atoms with Gasteiger partial charge in [0, 0.05) is 51.2 Å². The molecule has 132 valence electrons. The Morgan fingerprint density at radius 1 is 1.12 bits per heavy atom. The summed E-state index contributed by atoms with van der Waals surface area (Å²) in [5.41, 5.74) is 1.69. The van der Waals surface area contributed by atoms with E-state index in [0.29, 0.717) is 5.69 Å². The van der Waals surface area contributed by atoms with Crippen molar-refractivity contribution in [3.63, 3.8) is 0 Å². The lowest BCUT2D eigenvalue weighted by atomic mass is 10.2. The standard InChI is InChI=1S/C17H25N3O4/c1-3-24-17(22)16(21)18-14-4-6-15(7-5-14)20-10-8-19(9-11-20)12-13-23-2/h4-7H,3,8-13H2,1-2H3,(H,18,21). The number of nitrogens with zero attached hydrogens (tertiary/aromatic N) is 2. The molecule has 7 heteroatoms. The number of methoxy groups -OCH3 is 1. The lowest BCUT2D eigenvalue weighted by molar-refractivity contribution is -0.152. The van der Waals surface area contributed by atoms with E-state index in [9.17, 15) is 9.59 Å². The lowest BCUT2D eigenvalue weighted by Gasteiger charge is -2.36. The number of amides is 1. The van der Waals surface area contributed by atoms with Gasteiger partial charge in [-0.15, -0.1) is 0 Å². The van der Waals surface area contributed by atoms with E-state index in [1.165, 1.54) is 0 Å². The number of nitrogens with one attached hydrogen (secondary N) is 1. The second-order valence-corrected chi connectivity index (χ2v) is 5.54. The number of ether oxygens (including phenoxy) is 2. The molecule has 0 spiro atoms. The molecular weight excluding hydrogens is 310 g/mol. The minimum atomic E-state index is -0.867. The fourth-order valence-corrected chi connectivity index (χ4v) is 2.58. The first-order valence-electron chi connectivity index (χ1n) is 8.18. The fraction of sp³-hybridized carbons (Fsp3) is 0.529.